The lowest BCUT2D eigenvalue weighted by Gasteiger charge is -2.15. The molecule has 0 heterocycles. The average molecular weight is 193 g/mol. The lowest BCUT2D eigenvalue weighted by molar-refractivity contribution is -0.141. The summed E-state index contributed by atoms with van der Waals surface area (Å²) in [5.41, 5.74) is 0. The van der Waals surface area contributed by atoms with E-state index in [1.165, 1.54) is 0 Å². The van der Waals surface area contributed by atoms with Crippen molar-refractivity contribution in [3.05, 3.63) is 0 Å². The van der Waals surface area contributed by atoms with E-state index >= 15 is 0 Å². The first-order valence-corrected chi connectivity index (χ1v) is 4.94. The van der Waals surface area contributed by atoms with Crippen molar-refractivity contribution in [3.8, 4) is 0 Å². The summed E-state index contributed by atoms with van der Waals surface area (Å²) >= 11 is 5.94. The topological polar surface area (TPSA) is 37.3 Å². The molecule has 1 N–H and O–H groups in total. The zero-order valence-corrected chi connectivity index (χ0v) is 8.47. The van der Waals surface area contributed by atoms with Gasteiger partial charge in [0.05, 0.1) is 5.92 Å². The smallest absolute Gasteiger partial charge is 0.307 e. The normalized spacial score (nSPS) is 15.6. The van der Waals surface area contributed by atoms with Crippen LogP contribution in [0.4, 0.5) is 0 Å². The minimum Gasteiger partial charge on any atom is -0.481 e. The summed E-state index contributed by atoms with van der Waals surface area (Å²) in [7, 11) is 0. The third-order valence-electron chi connectivity index (χ3n) is 2.03. The largest absolute Gasteiger partial charge is 0.481 e. The summed E-state index contributed by atoms with van der Waals surface area (Å²) in [5, 5.41) is 8.56. The molecule has 0 aliphatic carbocycles. The Morgan fingerprint density at radius 1 is 1.50 bits per heavy atom. The minimum atomic E-state index is -0.770. The van der Waals surface area contributed by atoms with Crippen LogP contribution in [0.15, 0.2) is 0 Å². The second-order valence-electron chi connectivity index (χ2n) is 3.01. The second-order valence-corrected chi connectivity index (χ2v) is 3.57. The summed E-state index contributed by atoms with van der Waals surface area (Å²) in [6, 6.07) is 0. The number of rotatable bonds is 6. The van der Waals surface area contributed by atoms with Crippen LogP contribution >= 0.6 is 11.6 Å². The first-order valence-electron chi connectivity index (χ1n) is 4.50. The summed E-state index contributed by atoms with van der Waals surface area (Å²) < 4.78 is 0. The molecule has 0 saturated heterocycles. The Kier molecular flexibility index (Phi) is 6.17. The van der Waals surface area contributed by atoms with Crippen molar-refractivity contribution >= 4 is 17.6 Å². The van der Waals surface area contributed by atoms with E-state index in [2.05, 4.69) is 6.92 Å². The van der Waals surface area contributed by atoms with E-state index in [1.807, 2.05) is 6.92 Å². The quantitative estimate of drug-likeness (QED) is 0.658. The Bertz CT molecular complexity index is 136. The van der Waals surface area contributed by atoms with Crippen LogP contribution < -0.4 is 0 Å². The number of carboxylic acids is 1. The van der Waals surface area contributed by atoms with Crippen molar-refractivity contribution in [1.82, 2.24) is 0 Å². The molecule has 0 aromatic heterocycles. The van der Waals surface area contributed by atoms with Crippen LogP contribution in [-0.2, 0) is 4.79 Å². The van der Waals surface area contributed by atoms with Crippen molar-refractivity contribution in [2.75, 3.05) is 0 Å². The van der Waals surface area contributed by atoms with Gasteiger partial charge in [0.1, 0.15) is 0 Å². The van der Waals surface area contributed by atoms with Gasteiger partial charge in [0.25, 0.3) is 0 Å². The highest BCUT2D eigenvalue weighted by Gasteiger charge is 2.23. The third kappa shape index (κ3) is 3.96. The van der Waals surface area contributed by atoms with Crippen molar-refractivity contribution < 1.29 is 9.90 Å². The Labute approximate surface area is 78.9 Å². The molecular formula is C9H17ClO2. The Balaban J connectivity index is 3.85. The van der Waals surface area contributed by atoms with Crippen LogP contribution in [0.3, 0.4) is 0 Å². The molecule has 0 aromatic rings. The van der Waals surface area contributed by atoms with Gasteiger partial charge in [-0.15, -0.1) is 11.6 Å². The fraction of sp³-hybridized carbons (Fsp3) is 0.889. The van der Waals surface area contributed by atoms with E-state index in [0.29, 0.717) is 6.42 Å². The van der Waals surface area contributed by atoms with Crippen molar-refractivity contribution in [2.24, 2.45) is 5.92 Å². The highest BCUT2D eigenvalue weighted by molar-refractivity contribution is 6.21. The Morgan fingerprint density at radius 3 is 2.42 bits per heavy atom. The highest BCUT2D eigenvalue weighted by Crippen LogP contribution is 2.20. The molecule has 2 atom stereocenters. The molecule has 72 valence electrons. The highest BCUT2D eigenvalue weighted by atomic mass is 35.5. The first-order chi connectivity index (χ1) is 5.63. The van der Waals surface area contributed by atoms with Crippen LogP contribution in [0.5, 0.6) is 0 Å². The monoisotopic (exact) mass is 192 g/mol. The van der Waals surface area contributed by atoms with Gasteiger partial charge in [-0.05, 0) is 12.8 Å². The fourth-order valence-corrected chi connectivity index (χ4v) is 1.63. The molecule has 2 nitrogen and oxygen atoms in total. The Hall–Kier alpha value is -0.240. The summed E-state index contributed by atoms with van der Waals surface area (Å²) in [5.74, 6) is -1.15. The molecule has 0 aliphatic rings. The van der Waals surface area contributed by atoms with Gasteiger partial charge >= 0.3 is 5.97 Å². The zero-order chi connectivity index (χ0) is 9.56. The summed E-state index contributed by atoms with van der Waals surface area (Å²) in [6.07, 6.45) is 3.51. The molecule has 0 amide bonds. The van der Waals surface area contributed by atoms with Gasteiger partial charge in [-0.1, -0.05) is 26.7 Å². The molecule has 3 heteroatoms. The van der Waals surface area contributed by atoms with E-state index in [9.17, 15) is 4.79 Å². The standard InChI is InChI=1S/C9H17ClO2/c1-3-5-6-8(10)7(4-2)9(11)12/h7-8H,3-6H2,1-2H3,(H,11,12). The van der Waals surface area contributed by atoms with E-state index < -0.39 is 5.97 Å². The first kappa shape index (κ1) is 11.8. The molecule has 0 saturated carbocycles. The van der Waals surface area contributed by atoms with Gasteiger partial charge in [-0.3, -0.25) is 4.79 Å². The van der Waals surface area contributed by atoms with Crippen LogP contribution in [0.1, 0.15) is 39.5 Å². The molecule has 0 aliphatic heterocycles. The molecule has 0 rings (SSSR count). The van der Waals surface area contributed by atoms with Gasteiger partial charge in [-0.2, -0.15) is 0 Å². The number of hydrogen-bond acceptors (Lipinski definition) is 1. The van der Waals surface area contributed by atoms with Gasteiger partial charge in [0, 0.05) is 5.38 Å². The van der Waals surface area contributed by atoms with Crippen molar-refractivity contribution in [2.45, 2.75) is 44.9 Å². The Morgan fingerprint density at radius 2 is 2.08 bits per heavy atom. The average Bonchev–Trinajstić information content (AvgIpc) is 2.01. The number of carbonyl (C=O) groups is 1. The van der Waals surface area contributed by atoms with Gasteiger partial charge in [0.2, 0.25) is 0 Å². The molecule has 0 fully saturated rings. The van der Waals surface area contributed by atoms with Crippen LogP contribution in [0.25, 0.3) is 0 Å². The predicted molar refractivity (Wildman–Crippen MR) is 50.6 cm³/mol. The SMILES string of the molecule is CCCCC(Cl)C(CC)C(=O)O. The maximum Gasteiger partial charge on any atom is 0.307 e. The van der Waals surface area contributed by atoms with E-state index in [0.717, 1.165) is 19.3 Å². The van der Waals surface area contributed by atoms with Gasteiger partial charge in [-0.25, -0.2) is 0 Å². The van der Waals surface area contributed by atoms with E-state index in [4.69, 9.17) is 16.7 Å². The van der Waals surface area contributed by atoms with Crippen molar-refractivity contribution in [1.29, 1.82) is 0 Å². The molecule has 2 unspecified atom stereocenters. The van der Waals surface area contributed by atoms with Crippen LogP contribution in [0, 0.1) is 5.92 Å². The number of halogens is 1. The van der Waals surface area contributed by atoms with Gasteiger partial charge in [0.15, 0.2) is 0 Å². The molecule has 0 radical (unpaired) electrons. The summed E-state index contributed by atoms with van der Waals surface area (Å²) in [4.78, 5) is 10.7. The third-order valence-corrected chi connectivity index (χ3v) is 2.55. The predicted octanol–water partition coefficient (Wildman–Crippen LogP) is 2.89. The summed E-state index contributed by atoms with van der Waals surface area (Å²) in [6.45, 7) is 3.94. The number of unbranched alkanes of at least 4 members (excludes halogenated alkanes) is 1. The van der Waals surface area contributed by atoms with E-state index in [-0.39, 0.29) is 11.3 Å². The van der Waals surface area contributed by atoms with Crippen LogP contribution in [-0.4, -0.2) is 16.5 Å². The lowest BCUT2D eigenvalue weighted by Crippen LogP contribution is -2.23. The zero-order valence-electron chi connectivity index (χ0n) is 7.72. The number of hydrogen-bond donors (Lipinski definition) is 1. The maximum absolute atomic E-state index is 10.7. The second kappa shape index (κ2) is 6.30. The molecule has 0 bridgehead atoms. The number of carboxylic acid groups (broad SMARTS) is 1. The van der Waals surface area contributed by atoms with Gasteiger partial charge < -0.3 is 5.11 Å². The van der Waals surface area contributed by atoms with Crippen LogP contribution in [0.2, 0.25) is 0 Å². The molecule has 12 heavy (non-hydrogen) atoms. The lowest BCUT2D eigenvalue weighted by atomic mass is 9.98. The number of alkyl halides is 1. The maximum atomic E-state index is 10.7. The van der Waals surface area contributed by atoms with E-state index in [1.54, 1.807) is 0 Å². The molecule has 0 aromatic carbocycles. The number of aliphatic carboxylic acids is 1. The fourth-order valence-electron chi connectivity index (χ4n) is 1.19. The molecular weight excluding hydrogens is 176 g/mol. The minimum absolute atomic E-state index is 0.201. The van der Waals surface area contributed by atoms with Crippen molar-refractivity contribution in [3.63, 3.8) is 0 Å². The molecule has 0 spiro atoms.